The first-order chi connectivity index (χ1) is 7.47. The molecule has 1 aromatic carbocycles. The first-order valence-corrected chi connectivity index (χ1v) is 6.45. The van der Waals surface area contributed by atoms with Crippen molar-refractivity contribution in [2.75, 3.05) is 6.54 Å². The van der Waals surface area contributed by atoms with Gasteiger partial charge >= 0.3 is 0 Å². The zero-order chi connectivity index (χ0) is 12.3. The Labute approximate surface area is 105 Å². The zero-order valence-electron chi connectivity index (χ0n) is 10.1. The lowest BCUT2D eigenvalue weighted by Gasteiger charge is -2.16. The van der Waals surface area contributed by atoms with Gasteiger partial charge in [-0.25, -0.2) is 4.39 Å². The number of benzene rings is 1. The fourth-order valence-corrected chi connectivity index (χ4v) is 2.25. The van der Waals surface area contributed by atoms with Crippen molar-refractivity contribution in [1.29, 1.82) is 0 Å². The molecule has 0 fully saturated rings. The van der Waals surface area contributed by atoms with Crippen LogP contribution >= 0.6 is 15.9 Å². The van der Waals surface area contributed by atoms with E-state index in [4.69, 9.17) is 5.73 Å². The number of halogens is 2. The molecule has 0 amide bonds. The molecule has 0 aromatic heterocycles. The average Bonchev–Trinajstić information content (AvgIpc) is 2.21. The lowest BCUT2D eigenvalue weighted by atomic mass is 9.92. The second-order valence-corrected chi connectivity index (χ2v) is 5.39. The largest absolute Gasteiger partial charge is 0.330 e. The van der Waals surface area contributed by atoms with Gasteiger partial charge in [0.1, 0.15) is 5.82 Å². The van der Waals surface area contributed by atoms with Crippen LogP contribution in [0.5, 0.6) is 0 Å². The van der Waals surface area contributed by atoms with Gasteiger partial charge < -0.3 is 5.73 Å². The summed E-state index contributed by atoms with van der Waals surface area (Å²) < 4.78 is 14.4. The van der Waals surface area contributed by atoms with Crippen LogP contribution in [0.15, 0.2) is 16.6 Å². The molecular formula is C13H19BrFN. The van der Waals surface area contributed by atoms with Gasteiger partial charge in [0.05, 0.1) is 4.47 Å². The van der Waals surface area contributed by atoms with Crippen molar-refractivity contribution in [2.45, 2.75) is 39.0 Å². The van der Waals surface area contributed by atoms with Gasteiger partial charge in [-0.15, -0.1) is 0 Å². The third-order valence-electron chi connectivity index (χ3n) is 2.87. The van der Waals surface area contributed by atoms with Gasteiger partial charge in [-0.1, -0.05) is 26.8 Å². The Balaban J connectivity index is 3.13. The maximum absolute atomic E-state index is 13.8. The molecule has 0 radical (unpaired) electrons. The minimum Gasteiger partial charge on any atom is -0.330 e. The summed E-state index contributed by atoms with van der Waals surface area (Å²) >= 11 is 3.28. The molecule has 0 heterocycles. The highest BCUT2D eigenvalue weighted by Gasteiger charge is 2.14. The molecule has 1 aromatic rings. The van der Waals surface area contributed by atoms with Crippen molar-refractivity contribution >= 4 is 15.9 Å². The quantitative estimate of drug-likeness (QED) is 0.884. The first kappa shape index (κ1) is 13.7. The molecule has 90 valence electrons. The SMILES string of the molecule is CC(C)c1cc(C(C)CCN)cc(Br)c1F. The van der Waals surface area contributed by atoms with Crippen molar-refractivity contribution in [1.82, 2.24) is 0 Å². The molecule has 0 bridgehead atoms. The number of rotatable bonds is 4. The molecule has 2 N–H and O–H groups in total. The highest BCUT2D eigenvalue weighted by Crippen LogP contribution is 2.30. The lowest BCUT2D eigenvalue weighted by molar-refractivity contribution is 0.587. The van der Waals surface area contributed by atoms with E-state index in [1.54, 1.807) is 0 Å². The molecule has 16 heavy (non-hydrogen) atoms. The van der Waals surface area contributed by atoms with Gasteiger partial charge in [0.2, 0.25) is 0 Å². The van der Waals surface area contributed by atoms with E-state index in [2.05, 4.69) is 22.9 Å². The third-order valence-corrected chi connectivity index (χ3v) is 3.45. The van der Waals surface area contributed by atoms with E-state index in [0.29, 0.717) is 16.9 Å². The molecule has 1 atom stereocenters. The predicted octanol–water partition coefficient (Wildman–Crippen LogP) is 4.16. The molecule has 1 rings (SSSR count). The highest BCUT2D eigenvalue weighted by atomic mass is 79.9. The Morgan fingerprint density at radius 3 is 2.44 bits per heavy atom. The first-order valence-electron chi connectivity index (χ1n) is 5.66. The van der Waals surface area contributed by atoms with E-state index in [1.807, 2.05) is 26.0 Å². The summed E-state index contributed by atoms with van der Waals surface area (Å²) in [5.74, 6) is 0.430. The van der Waals surface area contributed by atoms with Crippen LogP contribution in [0.25, 0.3) is 0 Å². The smallest absolute Gasteiger partial charge is 0.140 e. The summed E-state index contributed by atoms with van der Waals surface area (Å²) in [5.41, 5.74) is 7.47. The van der Waals surface area contributed by atoms with Gasteiger partial charge in [-0.05, 0) is 57.9 Å². The predicted molar refractivity (Wildman–Crippen MR) is 70.3 cm³/mol. The Morgan fingerprint density at radius 2 is 1.94 bits per heavy atom. The minimum atomic E-state index is -0.140. The van der Waals surface area contributed by atoms with Crippen molar-refractivity contribution in [3.05, 3.63) is 33.5 Å². The lowest BCUT2D eigenvalue weighted by Crippen LogP contribution is -2.06. The Kier molecular flexibility index (Phi) is 4.93. The van der Waals surface area contributed by atoms with Gasteiger partial charge in [0.25, 0.3) is 0 Å². The second-order valence-electron chi connectivity index (χ2n) is 4.54. The van der Waals surface area contributed by atoms with Crippen LogP contribution in [0, 0.1) is 5.82 Å². The standard InChI is InChI=1S/C13H19BrFN/c1-8(2)11-6-10(9(3)4-5-16)7-12(14)13(11)15/h6-9H,4-5,16H2,1-3H3. The maximum Gasteiger partial charge on any atom is 0.140 e. The Morgan fingerprint density at radius 1 is 1.31 bits per heavy atom. The molecule has 0 spiro atoms. The summed E-state index contributed by atoms with van der Waals surface area (Å²) in [7, 11) is 0. The van der Waals surface area contributed by atoms with E-state index in [9.17, 15) is 4.39 Å². The minimum absolute atomic E-state index is 0.140. The van der Waals surface area contributed by atoms with E-state index >= 15 is 0 Å². The Hall–Kier alpha value is -0.410. The molecule has 0 saturated heterocycles. The van der Waals surface area contributed by atoms with Crippen LogP contribution in [0.4, 0.5) is 4.39 Å². The summed E-state index contributed by atoms with van der Waals surface area (Å²) in [4.78, 5) is 0. The van der Waals surface area contributed by atoms with E-state index < -0.39 is 0 Å². The van der Waals surface area contributed by atoms with E-state index in [1.165, 1.54) is 0 Å². The van der Waals surface area contributed by atoms with Crippen LogP contribution in [-0.4, -0.2) is 6.54 Å². The molecule has 3 heteroatoms. The van der Waals surface area contributed by atoms with Gasteiger partial charge in [0.15, 0.2) is 0 Å². The van der Waals surface area contributed by atoms with Crippen LogP contribution < -0.4 is 5.73 Å². The van der Waals surface area contributed by atoms with Crippen LogP contribution in [0.2, 0.25) is 0 Å². The topological polar surface area (TPSA) is 26.0 Å². The number of hydrogen-bond donors (Lipinski definition) is 1. The maximum atomic E-state index is 13.8. The summed E-state index contributed by atoms with van der Waals surface area (Å²) in [5, 5.41) is 0. The molecule has 0 aliphatic rings. The summed E-state index contributed by atoms with van der Waals surface area (Å²) in [6.07, 6.45) is 0.926. The fraction of sp³-hybridized carbons (Fsp3) is 0.538. The number of hydrogen-bond acceptors (Lipinski definition) is 1. The van der Waals surface area contributed by atoms with Crippen LogP contribution in [0.3, 0.4) is 0 Å². The van der Waals surface area contributed by atoms with Crippen molar-refractivity contribution < 1.29 is 4.39 Å². The third kappa shape index (κ3) is 3.05. The molecule has 0 aliphatic heterocycles. The number of nitrogens with two attached hydrogens (primary N) is 1. The van der Waals surface area contributed by atoms with Gasteiger partial charge in [-0.2, -0.15) is 0 Å². The molecular weight excluding hydrogens is 269 g/mol. The molecule has 1 nitrogen and oxygen atoms in total. The summed E-state index contributed by atoms with van der Waals surface area (Å²) in [6, 6.07) is 3.83. The van der Waals surface area contributed by atoms with Crippen molar-refractivity contribution in [2.24, 2.45) is 5.73 Å². The monoisotopic (exact) mass is 287 g/mol. The normalized spacial score (nSPS) is 13.2. The van der Waals surface area contributed by atoms with Crippen molar-refractivity contribution in [3.63, 3.8) is 0 Å². The van der Waals surface area contributed by atoms with E-state index in [0.717, 1.165) is 17.5 Å². The second kappa shape index (κ2) is 5.78. The molecule has 0 aliphatic carbocycles. The van der Waals surface area contributed by atoms with Crippen LogP contribution in [-0.2, 0) is 0 Å². The summed E-state index contributed by atoms with van der Waals surface area (Å²) in [6.45, 7) is 6.79. The van der Waals surface area contributed by atoms with E-state index in [-0.39, 0.29) is 11.7 Å². The Bertz CT molecular complexity index is 363. The molecule has 0 saturated carbocycles. The average molecular weight is 288 g/mol. The van der Waals surface area contributed by atoms with Gasteiger partial charge in [-0.3, -0.25) is 0 Å². The highest BCUT2D eigenvalue weighted by molar-refractivity contribution is 9.10. The van der Waals surface area contributed by atoms with Crippen molar-refractivity contribution in [3.8, 4) is 0 Å². The van der Waals surface area contributed by atoms with Gasteiger partial charge in [0, 0.05) is 0 Å². The molecule has 1 unspecified atom stereocenters. The fourth-order valence-electron chi connectivity index (χ4n) is 1.75. The van der Waals surface area contributed by atoms with Crippen LogP contribution in [0.1, 0.15) is 50.2 Å². The zero-order valence-corrected chi connectivity index (χ0v) is 11.6.